The molecule has 7 heteroatoms. The number of benzene rings is 2. The third-order valence-electron chi connectivity index (χ3n) is 2.97. The molecule has 114 valence electrons. The number of rotatable bonds is 4. The molecule has 0 saturated carbocycles. The smallest absolute Gasteiger partial charge is 0.236 e. The number of aromatic hydroxyl groups is 5. The molecule has 0 aliphatic carbocycles. The lowest BCUT2D eigenvalue weighted by molar-refractivity contribution is -0.114. The summed E-state index contributed by atoms with van der Waals surface area (Å²) in [5.41, 5.74) is -0.336. The van der Waals surface area contributed by atoms with E-state index in [2.05, 4.69) is 0 Å². The Morgan fingerprint density at radius 2 is 1.36 bits per heavy atom. The molecular weight excluding hydrogens is 292 g/mol. The molecule has 0 fully saturated rings. The molecule has 2 aromatic rings. The minimum absolute atomic E-state index is 0.270. The van der Waals surface area contributed by atoms with Gasteiger partial charge in [0.2, 0.25) is 11.6 Å². The molecule has 22 heavy (non-hydrogen) atoms. The van der Waals surface area contributed by atoms with Gasteiger partial charge in [0.25, 0.3) is 0 Å². The quantitative estimate of drug-likeness (QED) is 0.325. The molecule has 2 rings (SSSR count). The van der Waals surface area contributed by atoms with Crippen molar-refractivity contribution in [3.8, 4) is 28.7 Å². The van der Waals surface area contributed by atoms with Gasteiger partial charge in [-0.1, -0.05) is 6.07 Å². The molecule has 0 saturated heterocycles. The largest absolute Gasteiger partial charge is 0.508 e. The molecule has 0 aromatic heterocycles. The fourth-order valence-corrected chi connectivity index (χ4v) is 1.91. The van der Waals surface area contributed by atoms with Crippen molar-refractivity contribution in [3.05, 3.63) is 41.5 Å². The second kappa shape index (κ2) is 5.65. The van der Waals surface area contributed by atoms with Crippen LogP contribution in [0.1, 0.15) is 15.9 Å². The van der Waals surface area contributed by atoms with Crippen LogP contribution in [0.4, 0.5) is 0 Å². The van der Waals surface area contributed by atoms with Gasteiger partial charge in [0.1, 0.15) is 22.8 Å². The molecule has 7 nitrogen and oxygen atoms in total. The topological polar surface area (TPSA) is 135 Å². The van der Waals surface area contributed by atoms with Crippen LogP contribution in [-0.4, -0.2) is 37.1 Å². The molecule has 2 aromatic carbocycles. The Kier molecular flexibility index (Phi) is 3.89. The lowest BCUT2D eigenvalue weighted by Crippen LogP contribution is -2.17. The number of carbonyl (C=O) groups excluding carboxylic acids is 2. The minimum Gasteiger partial charge on any atom is -0.508 e. The molecule has 0 aliphatic heterocycles. The molecular formula is C15H12O7. The van der Waals surface area contributed by atoms with Crippen molar-refractivity contribution >= 4 is 11.6 Å². The van der Waals surface area contributed by atoms with Gasteiger partial charge >= 0.3 is 0 Å². The second-order valence-electron chi connectivity index (χ2n) is 4.61. The summed E-state index contributed by atoms with van der Waals surface area (Å²) in [6.07, 6.45) is -0.396. The molecule has 0 spiro atoms. The summed E-state index contributed by atoms with van der Waals surface area (Å²) in [5, 5.41) is 46.8. The minimum atomic E-state index is -1.14. The monoisotopic (exact) mass is 304 g/mol. The van der Waals surface area contributed by atoms with E-state index in [9.17, 15) is 30.0 Å². The number of hydrogen-bond acceptors (Lipinski definition) is 7. The van der Waals surface area contributed by atoms with Crippen molar-refractivity contribution in [2.75, 3.05) is 0 Å². The van der Waals surface area contributed by atoms with E-state index >= 15 is 0 Å². The lowest BCUT2D eigenvalue weighted by atomic mass is 9.99. The molecule has 0 unspecified atom stereocenters. The normalized spacial score (nSPS) is 10.4. The van der Waals surface area contributed by atoms with E-state index in [0.717, 1.165) is 24.3 Å². The highest BCUT2D eigenvalue weighted by Crippen LogP contribution is 2.32. The summed E-state index contributed by atoms with van der Waals surface area (Å²) >= 11 is 0. The Morgan fingerprint density at radius 3 is 1.91 bits per heavy atom. The van der Waals surface area contributed by atoms with E-state index < -0.39 is 46.5 Å². The predicted octanol–water partition coefficient (Wildman–Crippen LogP) is 1.21. The first-order chi connectivity index (χ1) is 10.3. The molecule has 0 atom stereocenters. The van der Waals surface area contributed by atoms with Crippen LogP contribution in [0, 0.1) is 0 Å². The summed E-state index contributed by atoms with van der Waals surface area (Å²) in [5.74, 6) is -4.77. The van der Waals surface area contributed by atoms with Gasteiger partial charge in [0.05, 0.1) is 0 Å². The maximum atomic E-state index is 12.0. The molecule has 0 amide bonds. The van der Waals surface area contributed by atoms with E-state index in [1.54, 1.807) is 0 Å². The van der Waals surface area contributed by atoms with Gasteiger partial charge in [0.15, 0.2) is 11.5 Å². The third kappa shape index (κ3) is 2.93. The van der Waals surface area contributed by atoms with Crippen molar-refractivity contribution in [2.45, 2.75) is 6.42 Å². The van der Waals surface area contributed by atoms with Crippen molar-refractivity contribution < 1.29 is 35.1 Å². The van der Waals surface area contributed by atoms with Gasteiger partial charge in [-0.2, -0.15) is 0 Å². The van der Waals surface area contributed by atoms with Crippen LogP contribution in [0.15, 0.2) is 30.3 Å². The molecule has 0 bridgehead atoms. The lowest BCUT2D eigenvalue weighted by Gasteiger charge is -2.07. The maximum Gasteiger partial charge on any atom is 0.236 e. The van der Waals surface area contributed by atoms with Crippen molar-refractivity contribution in [3.63, 3.8) is 0 Å². The standard InChI is InChI=1S/C15H12O7/c16-8-5-11(19)14(12(20)6-8)15(22)13(21)4-7-1-2-9(17)10(18)3-7/h1-3,5-6,16-20H,4H2. The van der Waals surface area contributed by atoms with Crippen LogP contribution in [0.25, 0.3) is 0 Å². The Hall–Kier alpha value is -3.22. The maximum absolute atomic E-state index is 12.0. The number of carbonyl (C=O) groups is 2. The Labute approximate surface area is 124 Å². The van der Waals surface area contributed by atoms with E-state index in [4.69, 9.17) is 5.11 Å². The first-order valence-corrected chi connectivity index (χ1v) is 6.13. The summed E-state index contributed by atoms with van der Waals surface area (Å²) < 4.78 is 0. The van der Waals surface area contributed by atoms with Crippen LogP contribution in [0.2, 0.25) is 0 Å². The van der Waals surface area contributed by atoms with Crippen LogP contribution < -0.4 is 0 Å². The fourth-order valence-electron chi connectivity index (χ4n) is 1.91. The van der Waals surface area contributed by atoms with E-state index in [1.807, 2.05) is 0 Å². The first kappa shape index (κ1) is 15.2. The van der Waals surface area contributed by atoms with Crippen LogP contribution in [0.3, 0.4) is 0 Å². The van der Waals surface area contributed by atoms with Gasteiger partial charge in [-0.3, -0.25) is 9.59 Å². The van der Waals surface area contributed by atoms with E-state index in [1.165, 1.54) is 6.07 Å². The van der Waals surface area contributed by atoms with Crippen LogP contribution in [0.5, 0.6) is 28.7 Å². The Balaban J connectivity index is 2.26. The van der Waals surface area contributed by atoms with Gasteiger partial charge in [-0.25, -0.2) is 0 Å². The average Bonchev–Trinajstić information content (AvgIpc) is 2.41. The van der Waals surface area contributed by atoms with E-state index in [-0.39, 0.29) is 11.3 Å². The van der Waals surface area contributed by atoms with Gasteiger partial charge in [-0.05, 0) is 17.7 Å². The SMILES string of the molecule is O=C(Cc1ccc(O)c(O)c1)C(=O)c1c(O)cc(O)cc1O. The van der Waals surface area contributed by atoms with Gasteiger partial charge in [-0.15, -0.1) is 0 Å². The zero-order valence-corrected chi connectivity index (χ0v) is 11.1. The summed E-state index contributed by atoms with van der Waals surface area (Å²) in [6, 6.07) is 5.28. The number of ketones is 2. The highest BCUT2D eigenvalue weighted by molar-refractivity contribution is 6.45. The van der Waals surface area contributed by atoms with Crippen LogP contribution in [-0.2, 0) is 11.2 Å². The highest BCUT2D eigenvalue weighted by Gasteiger charge is 2.24. The Bertz CT molecular complexity index is 741. The highest BCUT2D eigenvalue weighted by atomic mass is 16.3. The van der Waals surface area contributed by atoms with Crippen LogP contribution >= 0.6 is 0 Å². The Morgan fingerprint density at radius 1 is 0.773 bits per heavy atom. The zero-order chi connectivity index (χ0) is 16.4. The number of Topliss-reactive ketones (excluding diaryl/α,β-unsaturated/α-hetero) is 2. The van der Waals surface area contributed by atoms with E-state index in [0.29, 0.717) is 0 Å². The zero-order valence-electron chi connectivity index (χ0n) is 11.1. The first-order valence-electron chi connectivity index (χ1n) is 6.13. The molecule has 0 radical (unpaired) electrons. The number of phenols is 5. The molecule has 0 heterocycles. The van der Waals surface area contributed by atoms with Gasteiger partial charge < -0.3 is 25.5 Å². The average molecular weight is 304 g/mol. The number of phenolic OH excluding ortho intramolecular Hbond substituents is 5. The summed E-state index contributed by atoms with van der Waals surface area (Å²) in [4.78, 5) is 23.9. The van der Waals surface area contributed by atoms with Crippen molar-refractivity contribution in [2.24, 2.45) is 0 Å². The predicted molar refractivity (Wildman–Crippen MR) is 74.2 cm³/mol. The van der Waals surface area contributed by atoms with Crippen molar-refractivity contribution in [1.82, 2.24) is 0 Å². The summed E-state index contributed by atoms with van der Waals surface area (Å²) in [7, 11) is 0. The summed E-state index contributed by atoms with van der Waals surface area (Å²) in [6.45, 7) is 0. The fraction of sp³-hybridized carbons (Fsp3) is 0.0667. The third-order valence-corrected chi connectivity index (χ3v) is 2.97. The van der Waals surface area contributed by atoms with Crippen molar-refractivity contribution in [1.29, 1.82) is 0 Å². The molecule has 0 aliphatic rings. The van der Waals surface area contributed by atoms with Gasteiger partial charge in [0, 0.05) is 18.6 Å². The molecule has 5 N–H and O–H groups in total. The second-order valence-corrected chi connectivity index (χ2v) is 4.61. The number of hydrogen-bond donors (Lipinski definition) is 5.